The second-order valence-corrected chi connectivity index (χ2v) is 7.75. The predicted octanol–water partition coefficient (Wildman–Crippen LogP) is 4.07. The van der Waals surface area contributed by atoms with E-state index in [1.165, 1.54) is 4.90 Å². The molecule has 0 radical (unpaired) electrons. The van der Waals surface area contributed by atoms with Crippen molar-refractivity contribution < 1.29 is 19.5 Å². The van der Waals surface area contributed by atoms with Crippen LogP contribution in [0.4, 0.5) is 10.5 Å². The van der Waals surface area contributed by atoms with Gasteiger partial charge in [0, 0.05) is 13.0 Å². The first-order valence-electron chi connectivity index (χ1n) is 10.8. The molecule has 2 heterocycles. The van der Waals surface area contributed by atoms with E-state index in [1.807, 2.05) is 10.6 Å². The van der Waals surface area contributed by atoms with E-state index in [1.54, 1.807) is 60.8 Å². The van der Waals surface area contributed by atoms with E-state index >= 15 is 0 Å². The van der Waals surface area contributed by atoms with Crippen LogP contribution in [0.25, 0.3) is 6.08 Å². The second-order valence-electron chi connectivity index (χ2n) is 7.75. The van der Waals surface area contributed by atoms with Gasteiger partial charge in [-0.15, -0.1) is 0 Å². The van der Waals surface area contributed by atoms with Crippen LogP contribution in [0.1, 0.15) is 47.2 Å². The van der Waals surface area contributed by atoms with Crippen molar-refractivity contribution in [3.05, 3.63) is 89.1 Å². The van der Waals surface area contributed by atoms with Crippen molar-refractivity contribution in [3.8, 4) is 0 Å². The molecule has 1 fully saturated rings. The number of aromatic nitrogens is 2. The summed E-state index contributed by atoms with van der Waals surface area (Å²) in [6, 6.07) is 15.1. The van der Waals surface area contributed by atoms with Crippen LogP contribution in [-0.4, -0.2) is 32.6 Å². The molecular weight excluding hydrogens is 420 g/mol. The van der Waals surface area contributed by atoms with Gasteiger partial charge in [0.15, 0.2) is 0 Å². The van der Waals surface area contributed by atoms with Gasteiger partial charge >= 0.3 is 12.0 Å². The Labute approximate surface area is 191 Å². The third-order valence-corrected chi connectivity index (χ3v) is 5.46. The summed E-state index contributed by atoms with van der Waals surface area (Å²) in [5, 5.41) is 11.5. The topological polar surface area (TPSA) is 105 Å². The van der Waals surface area contributed by atoms with E-state index in [2.05, 4.69) is 17.2 Å². The van der Waals surface area contributed by atoms with Crippen LogP contribution in [0.2, 0.25) is 0 Å². The number of nitrogens with zero attached hydrogens (tertiary/aromatic N) is 3. The Hall–Kier alpha value is -4.20. The van der Waals surface area contributed by atoms with Gasteiger partial charge in [-0.1, -0.05) is 43.7 Å². The summed E-state index contributed by atoms with van der Waals surface area (Å²) in [5.41, 5.74) is 2.62. The Morgan fingerprint density at radius 2 is 1.82 bits per heavy atom. The molecule has 33 heavy (non-hydrogen) atoms. The maximum Gasteiger partial charge on any atom is 0.335 e. The number of benzene rings is 2. The Bertz CT molecular complexity index is 1210. The average Bonchev–Trinajstić information content (AvgIpc) is 3.32. The second kappa shape index (κ2) is 9.52. The largest absolute Gasteiger partial charge is 0.478 e. The summed E-state index contributed by atoms with van der Waals surface area (Å²) in [7, 11) is 0. The van der Waals surface area contributed by atoms with E-state index in [-0.39, 0.29) is 11.3 Å². The predicted molar refractivity (Wildman–Crippen MR) is 124 cm³/mol. The number of para-hydroxylation sites is 1. The molecule has 0 spiro atoms. The summed E-state index contributed by atoms with van der Waals surface area (Å²) in [6.45, 7) is 2.56. The van der Waals surface area contributed by atoms with Gasteiger partial charge in [0.05, 0.1) is 23.1 Å². The third-order valence-electron chi connectivity index (χ3n) is 5.46. The van der Waals surface area contributed by atoms with Crippen molar-refractivity contribution in [2.75, 3.05) is 4.90 Å². The molecule has 3 aromatic rings. The molecule has 8 heteroatoms. The third kappa shape index (κ3) is 4.69. The molecule has 168 valence electrons. The number of rotatable bonds is 8. The van der Waals surface area contributed by atoms with Gasteiger partial charge in [0.1, 0.15) is 11.5 Å². The molecule has 0 unspecified atom stereocenters. The summed E-state index contributed by atoms with van der Waals surface area (Å²) in [5.74, 6) is -0.587. The molecule has 4 rings (SSSR count). The van der Waals surface area contributed by atoms with E-state index < -0.39 is 17.9 Å². The van der Waals surface area contributed by atoms with Crippen molar-refractivity contribution in [3.63, 3.8) is 0 Å². The summed E-state index contributed by atoms with van der Waals surface area (Å²) < 4.78 is 2.00. The molecule has 2 N–H and O–H groups in total. The Morgan fingerprint density at radius 3 is 2.48 bits per heavy atom. The fraction of sp³-hybridized carbons (Fsp3) is 0.200. The summed E-state index contributed by atoms with van der Waals surface area (Å²) in [4.78, 5) is 42.2. The number of hydrogen-bond acceptors (Lipinski definition) is 4. The number of carboxylic acid groups (broad SMARTS) is 1. The number of urea groups is 1. The molecule has 0 aliphatic carbocycles. The summed E-state index contributed by atoms with van der Waals surface area (Å²) in [6.07, 6.45) is 6.10. The molecule has 0 atom stereocenters. The monoisotopic (exact) mass is 444 g/mol. The number of nitrogens with one attached hydrogen (secondary N) is 1. The molecule has 1 aliphatic rings. The van der Waals surface area contributed by atoms with Crippen molar-refractivity contribution in [1.82, 2.24) is 14.9 Å². The standard InChI is InChI=1S/C25H24N4O4/c1-2-3-9-22-26-15-20(28(22)16-17-10-12-18(13-11-17)24(31)32)14-21-23(30)27-25(33)29(21)19-7-5-4-6-8-19/h4-8,10-15H,2-3,9,16H2,1H3,(H,31,32)(H,27,30,33)/b21-14-. The van der Waals surface area contributed by atoms with Gasteiger partial charge in [0.25, 0.3) is 5.91 Å². The highest BCUT2D eigenvalue weighted by Gasteiger charge is 2.34. The molecule has 2 aromatic carbocycles. The van der Waals surface area contributed by atoms with Crippen LogP contribution in [-0.2, 0) is 17.8 Å². The quantitative estimate of drug-likeness (QED) is 0.403. The first kappa shape index (κ1) is 22.0. The van der Waals surface area contributed by atoms with Gasteiger partial charge in [-0.25, -0.2) is 14.6 Å². The SMILES string of the molecule is CCCCc1ncc(/C=C2/C(=O)NC(=O)N2c2ccccc2)n1Cc1ccc(C(=O)O)cc1. The number of anilines is 1. The lowest BCUT2D eigenvalue weighted by Crippen LogP contribution is -2.27. The fourth-order valence-electron chi connectivity index (χ4n) is 3.73. The highest BCUT2D eigenvalue weighted by atomic mass is 16.4. The Balaban J connectivity index is 1.73. The molecule has 0 bridgehead atoms. The molecule has 1 aromatic heterocycles. The fourth-order valence-corrected chi connectivity index (χ4v) is 3.73. The van der Waals surface area contributed by atoms with E-state index in [0.29, 0.717) is 17.9 Å². The minimum Gasteiger partial charge on any atom is -0.478 e. The lowest BCUT2D eigenvalue weighted by Gasteiger charge is -2.16. The number of amides is 3. The van der Waals surface area contributed by atoms with Gasteiger partial charge in [0.2, 0.25) is 0 Å². The smallest absolute Gasteiger partial charge is 0.335 e. The number of hydrogen-bond donors (Lipinski definition) is 2. The van der Waals surface area contributed by atoms with Crippen molar-refractivity contribution >= 4 is 29.7 Å². The molecule has 3 amide bonds. The number of imidazole rings is 1. The number of aromatic carboxylic acids is 1. The van der Waals surface area contributed by atoms with Crippen LogP contribution in [0, 0.1) is 0 Å². The first-order chi connectivity index (χ1) is 16.0. The molecule has 1 aliphatic heterocycles. The molecule has 0 saturated carbocycles. The number of carbonyl (C=O) groups excluding carboxylic acids is 2. The van der Waals surface area contributed by atoms with Crippen molar-refractivity contribution in [2.45, 2.75) is 32.7 Å². The summed E-state index contributed by atoms with van der Waals surface area (Å²) >= 11 is 0. The maximum absolute atomic E-state index is 12.6. The van der Waals surface area contributed by atoms with Gasteiger partial charge in [-0.05, 0) is 42.3 Å². The maximum atomic E-state index is 12.6. The van der Waals surface area contributed by atoms with Crippen LogP contribution in [0.5, 0.6) is 0 Å². The highest BCUT2D eigenvalue weighted by molar-refractivity contribution is 6.23. The average molecular weight is 444 g/mol. The Kier molecular flexibility index (Phi) is 6.35. The van der Waals surface area contributed by atoms with Crippen LogP contribution >= 0.6 is 0 Å². The minimum absolute atomic E-state index is 0.218. The number of carboxylic acids is 1. The van der Waals surface area contributed by atoms with Gasteiger partial charge < -0.3 is 9.67 Å². The zero-order chi connectivity index (χ0) is 23.4. The van der Waals surface area contributed by atoms with Gasteiger partial charge in [-0.2, -0.15) is 0 Å². The number of carbonyl (C=O) groups is 3. The molecule has 8 nitrogen and oxygen atoms in total. The molecular formula is C25H24N4O4. The highest BCUT2D eigenvalue weighted by Crippen LogP contribution is 2.26. The van der Waals surface area contributed by atoms with Crippen LogP contribution in [0.15, 0.2) is 66.5 Å². The van der Waals surface area contributed by atoms with E-state index in [4.69, 9.17) is 5.11 Å². The minimum atomic E-state index is -0.976. The number of imide groups is 1. The zero-order valence-electron chi connectivity index (χ0n) is 18.2. The van der Waals surface area contributed by atoms with Crippen molar-refractivity contribution in [2.24, 2.45) is 0 Å². The van der Waals surface area contributed by atoms with E-state index in [0.717, 1.165) is 30.7 Å². The van der Waals surface area contributed by atoms with Crippen LogP contribution < -0.4 is 10.2 Å². The lowest BCUT2D eigenvalue weighted by atomic mass is 10.1. The van der Waals surface area contributed by atoms with E-state index in [9.17, 15) is 14.4 Å². The molecule has 1 saturated heterocycles. The van der Waals surface area contributed by atoms with Gasteiger partial charge in [-0.3, -0.25) is 15.0 Å². The first-order valence-corrected chi connectivity index (χ1v) is 10.8. The lowest BCUT2D eigenvalue weighted by molar-refractivity contribution is -0.115. The normalized spacial score (nSPS) is 14.7. The zero-order valence-corrected chi connectivity index (χ0v) is 18.2. The number of aryl methyl sites for hydroxylation is 1. The van der Waals surface area contributed by atoms with Crippen LogP contribution in [0.3, 0.4) is 0 Å². The van der Waals surface area contributed by atoms with Crippen molar-refractivity contribution in [1.29, 1.82) is 0 Å². The Morgan fingerprint density at radius 1 is 1.09 bits per heavy atom. The number of unbranched alkanes of at least 4 members (excludes halogenated alkanes) is 1.